The maximum Gasteiger partial charge on any atom is 0.243 e. The van der Waals surface area contributed by atoms with Crippen molar-refractivity contribution < 1.29 is 9.59 Å². The molecule has 0 aliphatic heterocycles. The van der Waals surface area contributed by atoms with Crippen LogP contribution in [0.4, 0.5) is 0 Å². The van der Waals surface area contributed by atoms with E-state index in [1.54, 1.807) is 4.90 Å². The largest absolute Gasteiger partial charge is 0.352 e. The molecule has 4 nitrogen and oxygen atoms in total. The Morgan fingerprint density at radius 2 is 1.67 bits per heavy atom. The highest BCUT2D eigenvalue weighted by molar-refractivity contribution is 6.30. The Balaban J connectivity index is 1.68. The summed E-state index contributed by atoms with van der Waals surface area (Å²) in [6.07, 6.45) is 4.95. The summed E-state index contributed by atoms with van der Waals surface area (Å²) < 4.78 is 0. The lowest BCUT2D eigenvalue weighted by molar-refractivity contribution is -0.141. The smallest absolute Gasteiger partial charge is 0.243 e. The number of carbonyl (C=O) groups is 2. The Morgan fingerprint density at radius 1 is 0.944 bits per heavy atom. The molecule has 0 radical (unpaired) electrons. The minimum atomic E-state index is -0.621. The van der Waals surface area contributed by atoms with Crippen molar-refractivity contribution in [1.82, 2.24) is 10.2 Å². The van der Waals surface area contributed by atoms with E-state index in [0.29, 0.717) is 18.0 Å². The molecule has 0 heterocycles. The van der Waals surface area contributed by atoms with E-state index >= 15 is 0 Å². The first-order valence-corrected chi connectivity index (χ1v) is 13.2. The lowest BCUT2D eigenvalue weighted by atomic mass is 9.99. The topological polar surface area (TPSA) is 49.4 Å². The van der Waals surface area contributed by atoms with Crippen LogP contribution in [0.1, 0.15) is 53.5 Å². The number of amides is 2. The highest BCUT2D eigenvalue weighted by atomic mass is 35.5. The van der Waals surface area contributed by atoms with Gasteiger partial charge in [0.05, 0.1) is 6.42 Å². The van der Waals surface area contributed by atoms with Crippen LogP contribution >= 0.6 is 11.6 Å². The van der Waals surface area contributed by atoms with Crippen LogP contribution in [-0.2, 0) is 29.0 Å². The van der Waals surface area contributed by atoms with E-state index in [2.05, 4.69) is 17.4 Å². The third-order valence-electron chi connectivity index (χ3n) is 7.06. The molecule has 0 saturated heterocycles. The van der Waals surface area contributed by atoms with Gasteiger partial charge in [0.15, 0.2) is 0 Å². The van der Waals surface area contributed by atoms with E-state index in [4.69, 9.17) is 11.6 Å². The first-order chi connectivity index (χ1) is 17.4. The van der Waals surface area contributed by atoms with Crippen molar-refractivity contribution in [3.8, 4) is 0 Å². The average Bonchev–Trinajstić information content (AvgIpc) is 3.37. The molecule has 3 aromatic rings. The molecule has 2 amide bonds. The van der Waals surface area contributed by atoms with Crippen molar-refractivity contribution in [2.24, 2.45) is 0 Å². The number of benzene rings is 3. The number of carbonyl (C=O) groups excluding carboxylic acids is 2. The van der Waals surface area contributed by atoms with Crippen LogP contribution in [0, 0.1) is 13.8 Å². The second kappa shape index (κ2) is 12.2. The van der Waals surface area contributed by atoms with Gasteiger partial charge in [-0.1, -0.05) is 90.7 Å². The first kappa shape index (κ1) is 26.0. The highest BCUT2D eigenvalue weighted by Gasteiger charge is 2.32. The minimum Gasteiger partial charge on any atom is -0.352 e. The molecule has 1 aliphatic carbocycles. The maximum absolute atomic E-state index is 14.0. The molecule has 0 bridgehead atoms. The summed E-state index contributed by atoms with van der Waals surface area (Å²) in [6.45, 7) is 4.38. The van der Waals surface area contributed by atoms with Crippen LogP contribution in [0.15, 0.2) is 72.8 Å². The summed E-state index contributed by atoms with van der Waals surface area (Å²) in [7, 11) is 0. The third-order valence-corrected chi connectivity index (χ3v) is 7.30. The molecule has 5 heteroatoms. The summed E-state index contributed by atoms with van der Waals surface area (Å²) in [4.78, 5) is 29.5. The fourth-order valence-electron chi connectivity index (χ4n) is 5.01. The van der Waals surface area contributed by atoms with Crippen LogP contribution in [0.25, 0.3) is 0 Å². The van der Waals surface area contributed by atoms with Gasteiger partial charge in [0.25, 0.3) is 0 Å². The Morgan fingerprint density at radius 3 is 2.39 bits per heavy atom. The normalized spacial score (nSPS) is 14.4. The van der Waals surface area contributed by atoms with Gasteiger partial charge in [-0.15, -0.1) is 0 Å². The molecular weight excluding hydrogens is 468 g/mol. The van der Waals surface area contributed by atoms with Crippen molar-refractivity contribution in [2.45, 2.75) is 71.0 Å². The van der Waals surface area contributed by atoms with Crippen molar-refractivity contribution in [1.29, 1.82) is 0 Å². The molecule has 0 aromatic heterocycles. The van der Waals surface area contributed by atoms with Crippen molar-refractivity contribution in [3.05, 3.63) is 106 Å². The molecular formula is C31H35ClN2O2. The van der Waals surface area contributed by atoms with E-state index in [9.17, 15) is 9.59 Å². The van der Waals surface area contributed by atoms with Crippen LogP contribution in [-0.4, -0.2) is 28.8 Å². The quantitative estimate of drug-likeness (QED) is 0.379. The molecule has 1 saturated carbocycles. The van der Waals surface area contributed by atoms with E-state index in [1.807, 2.05) is 74.5 Å². The molecule has 0 unspecified atom stereocenters. The van der Waals surface area contributed by atoms with Crippen molar-refractivity contribution in [3.63, 3.8) is 0 Å². The predicted octanol–water partition coefficient (Wildman–Crippen LogP) is 6.20. The zero-order valence-electron chi connectivity index (χ0n) is 21.2. The minimum absolute atomic E-state index is 0.0637. The summed E-state index contributed by atoms with van der Waals surface area (Å²) >= 11 is 6.28. The van der Waals surface area contributed by atoms with Crippen molar-refractivity contribution >= 4 is 23.4 Å². The lowest BCUT2D eigenvalue weighted by Crippen LogP contribution is -2.52. The fourth-order valence-corrected chi connectivity index (χ4v) is 5.22. The maximum atomic E-state index is 14.0. The number of nitrogens with one attached hydrogen (secondary N) is 1. The van der Waals surface area contributed by atoms with Gasteiger partial charge in [-0.3, -0.25) is 9.59 Å². The van der Waals surface area contributed by atoms with E-state index in [-0.39, 0.29) is 24.3 Å². The number of nitrogens with zero attached hydrogens (tertiary/aromatic N) is 1. The molecule has 1 N–H and O–H groups in total. The Bertz CT molecular complexity index is 1190. The van der Waals surface area contributed by atoms with Gasteiger partial charge in [-0.05, 0) is 61.1 Å². The highest BCUT2D eigenvalue weighted by Crippen LogP contribution is 2.22. The van der Waals surface area contributed by atoms with Crippen LogP contribution in [0.2, 0.25) is 5.02 Å². The standard InChI is InChI=1S/C31H35ClN2O2/c1-22-15-16-23(2)26(17-22)20-30(35)34(21-25-11-8-12-27(32)18-25)29(19-24-9-4-3-5-10-24)31(36)33-28-13-6-7-14-28/h3-5,8-12,15-18,28-29H,6-7,13-14,19-21H2,1-2H3,(H,33,36)/t29-/m1/s1. The van der Waals surface area contributed by atoms with Crippen molar-refractivity contribution in [2.75, 3.05) is 0 Å². The van der Waals surface area contributed by atoms with E-state index < -0.39 is 6.04 Å². The van der Waals surface area contributed by atoms with Gasteiger partial charge in [0.2, 0.25) is 11.8 Å². The zero-order valence-corrected chi connectivity index (χ0v) is 21.9. The molecule has 3 aromatic carbocycles. The van der Waals surface area contributed by atoms with Gasteiger partial charge >= 0.3 is 0 Å². The van der Waals surface area contributed by atoms with E-state index in [0.717, 1.165) is 53.5 Å². The first-order valence-electron chi connectivity index (χ1n) is 12.8. The number of rotatable bonds is 9. The van der Waals surface area contributed by atoms with Gasteiger partial charge in [0, 0.05) is 24.0 Å². The molecule has 1 aliphatic rings. The number of aryl methyl sites for hydroxylation is 2. The summed E-state index contributed by atoms with van der Waals surface area (Å²) in [6, 6.07) is 23.2. The monoisotopic (exact) mass is 502 g/mol. The lowest BCUT2D eigenvalue weighted by Gasteiger charge is -2.32. The number of halogens is 1. The number of hydrogen-bond donors (Lipinski definition) is 1. The molecule has 4 rings (SSSR count). The predicted molar refractivity (Wildman–Crippen MR) is 146 cm³/mol. The van der Waals surface area contributed by atoms with E-state index in [1.165, 1.54) is 0 Å². The molecule has 1 atom stereocenters. The molecule has 1 fully saturated rings. The second-order valence-electron chi connectivity index (χ2n) is 9.95. The summed E-state index contributed by atoms with van der Waals surface area (Å²) in [5.74, 6) is -0.145. The van der Waals surface area contributed by atoms with Crippen LogP contribution in [0.3, 0.4) is 0 Å². The second-order valence-corrected chi connectivity index (χ2v) is 10.4. The SMILES string of the molecule is Cc1ccc(C)c(CC(=O)N(Cc2cccc(Cl)c2)[C@H](Cc2ccccc2)C(=O)NC2CCCC2)c1. The Kier molecular flexibility index (Phi) is 8.82. The van der Waals surface area contributed by atoms with Crippen LogP contribution < -0.4 is 5.32 Å². The Hall–Kier alpha value is -3.11. The fraction of sp³-hybridized carbons (Fsp3) is 0.355. The zero-order chi connectivity index (χ0) is 25.5. The van der Waals surface area contributed by atoms with Gasteiger partial charge < -0.3 is 10.2 Å². The molecule has 36 heavy (non-hydrogen) atoms. The summed E-state index contributed by atoms with van der Waals surface area (Å²) in [5, 5.41) is 3.87. The van der Waals surface area contributed by atoms with Gasteiger partial charge in [0.1, 0.15) is 6.04 Å². The van der Waals surface area contributed by atoms with Crippen LogP contribution in [0.5, 0.6) is 0 Å². The third kappa shape index (κ3) is 6.98. The molecule has 188 valence electrons. The van der Waals surface area contributed by atoms with Gasteiger partial charge in [-0.25, -0.2) is 0 Å². The average molecular weight is 503 g/mol. The molecule has 0 spiro atoms. The summed E-state index contributed by atoms with van der Waals surface area (Å²) in [5.41, 5.74) is 5.12. The Labute approximate surface area is 219 Å². The van der Waals surface area contributed by atoms with Gasteiger partial charge in [-0.2, -0.15) is 0 Å². The number of hydrogen-bond acceptors (Lipinski definition) is 2.